The zero-order valence-electron chi connectivity index (χ0n) is 11.5. The van der Waals surface area contributed by atoms with Crippen LogP contribution in [0.4, 0.5) is 0 Å². The number of carboxylic acids is 1. The molecule has 2 unspecified atom stereocenters. The van der Waals surface area contributed by atoms with Crippen molar-refractivity contribution in [1.29, 1.82) is 0 Å². The summed E-state index contributed by atoms with van der Waals surface area (Å²) in [6, 6.07) is 0. The second-order valence-corrected chi connectivity index (χ2v) is 5.88. The van der Waals surface area contributed by atoms with Crippen LogP contribution >= 0.6 is 0 Å². The van der Waals surface area contributed by atoms with E-state index in [1.807, 2.05) is 13.8 Å². The smallest absolute Gasteiger partial charge is 0.331 e. The number of hydrogen-bond donors (Lipinski definition) is 3. The Morgan fingerprint density at radius 1 is 1.37 bits per heavy atom. The van der Waals surface area contributed by atoms with Crippen LogP contribution in [0.3, 0.4) is 0 Å². The van der Waals surface area contributed by atoms with E-state index in [4.69, 9.17) is 4.74 Å². The summed E-state index contributed by atoms with van der Waals surface area (Å²) >= 11 is 0. The second-order valence-electron chi connectivity index (χ2n) is 5.88. The molecule has 0 bridgehead atoms. The van der Waals surface area contributed by atoms with Gasteiger partial charge in [-0.15, -0.1) is 0 Å². The van der Waals surface area contributed by atoms with Crippen molar-refractivity contribution in [2.45, 2.75) is 32.2 Å². The standard InChI is InChI=1S/C13H22N2O4/c1-9(2)12(3-5-14-7-12)10(16)15-13(11(17)18)4-6-19-8-13/h9,14H,3-8H2,1-2H3,(H,15,16)(H,17,18). The number of ether oxygens (including phenoxy) is 1. The van der Waals surface area contributed by atoms with E-state index in [0.717, 1.165) is 13.0 Å². The number of carbonyl (C=O) groups is 2. The molecule has 6 nitrogen and oxygen atoms in total. The monoisotopic (exact) mass is 270 g/mol. The van der Waals surface area contributed by atoms with E-state index >= 15 is 0 Å². The van der Waals surface area contributed by atoms with E-state index in [-0.39, 0.29) is 18.4 Å². The maximum Gasteiger partial charge on any atom is 0.331 e. The Balaban J connectivity index is 2.17. The van der Waals surface area contributed by atoms with Gasteiger partial charge in [0.15, 0.2) is 5.54 Å². The molecule has 0 saturated carbocycles. The zero-order valence-corrected chi connectivity index (χ0v) is 11.5. The molecule has 2 fully saturated rings. The van der Waals surface area contributed by atoms with Crippen molar-refractivity contribution in [2.75, 3.05) is 26.3 Å². The van der Waals surface area contributed by atoms with Crippen molar-refractivity contribution in [3.05, 3.63) is 0 Å². The highest BCUT2D eigenvalue weighted by atomic mass is 16.5. The Kier molecular flexibility index (Phi) is 3.82. The van der Waals surface area contributed by atoms with E-state index in [9.17, 15) is 14.7 Å². The van der Waals surface area contributed by atoms with Crippen LogP contribution in [0.2, 0.25) is 0 Å². The molecule has 0 radical (unpaired) electrons. The van der Waals surface area contributed by atoms with Gasteiger partial charge in [-0.3, -0.25) is 4.79 Å². The number of amides is 1. The normalized spacial score (nSPS) is 34.7. The lowest BCUT2D eigenvalue weighted by Crippen LogP contribution is -2.60. The molecule has 0 aromatic rings. The molecule has 2 aliphatic rings. The minimum Gasteiger partial charge on any atom is -0.479 e. The molecule has 3 N–H and O–H groups in total. The minimum absolute atomic E-state index is 0.0513. The SMILES string of the molecule is CC(C)C1(C(=O)NC2(C(=O)O)CCOC2)CCNC1. The summed E-state index contributed by atoms with van der Waals surface area (Å²) in [5.41, 5.74) is -1.76. The summed E-state index contributed by atoms with van der Waals surface area (Å²) < 4.78 is 5.17. The van der Waals surface area contributed by atoms with Crippen LogP contribution in [-0.2, 0) is 14.3 Å². The number of carboxylic acid groups (broad SMARTS) is 1. The third-order valence-electron chi connectivity index (χ3n) is 4.53. The van der Waals surface area contributed by atoms with Crippen molar-refractivity contribution < 1.29 is 19.4 Å². The third kappa shape index (κ3) is 2.34. The fourth-order valence-corrected chi connectivity index (χ4v) is 2.89. The maximum atomic E-state index is 12.6. The van der Waals surface area contributed by atoms with Crippen molar-refractivity contribution in [2.24, 2.45) is 11.3 Å². The average molecular weight is 270 g/mol. The van der Waals surface area contributed by atoms with Gasteiger partial charge in [0.2, 0.25) is 5.91 Å². The fourth-order valence-electron chi connectivity index (χ4n) is 2.89. The van der Waals surface area contributed by atoms with Gasteiger partial charge in [-0.1, -0.05) is 13.8 Å². The molecule has 0 aromatic heterocycles. The molecule has 0 aliphatic carbocycles. The number of aliphatic carboxylic acids is 1. The second kappa shape index (κ2) is 5.09. The number of hydrogen-bond acceptors (Lipinski definition) is 4. The van der Waals surface area contributed by atoms with Gasteiger partial charge in [-0.05, 0) is 18.9 Å². The molecule has 1 amide bonds. The average Bonchev–Trinajstić information content (AvgIpc) is 2.98. The first kappa shape index (κ1) is 14.3. The highest BCUT2D eigenvalue weighted by molar-refractivity contribution is 5.90. The molecule has 2 rings (SSSR count). The molecule has 6 heteroatoms. The summed E-state index contributed by atoms with van der Waals surface area (Å²) in [6.45, 7) is 5.83. The van der Waals surface area contributed by atoms with Crippen molar-refractivity contribution in [3.63, 3.8) is 0 Å². The first-order chi connectivity index (χ1) is 8.93. The Labute approximate surface area is 112 Å². The van der Waals surface area contributed by atoms with Crippen LogP contribution in [0, 0.1) is 11.3 Å². The van der Waals surface area contributed by atoms with Crippen molar-refractivity contribution in [1.82, 2.24) is 10.6 Å². The molecule has 2 heterocycles. The lowest BCUT2D eigenvalue weighted by Gasteiger charge is -2.35. The predicted octanol–water partition coefficient (Wildman–Crippen LogP) is -0.0180. The first-order valence-corrected chi connectivity index (χ1v) is 6.77. The van der Waals surface area contributed by atoms with E-state index in [1.165, 1.54) is 0 Å². The molecule has 108 valence electrons. The van der Waals surface area contributed by atoms with Gasteiger partial charge in [0.1, 0.15) is 0 Å². The van der Waals surface area contributed by atoms with Crippen LogP contribution in [0.1, 0.15) is 26.7 Å². The van der Waals surface area contributed by atoms with Gasteiger partial charge in [0.25, 0.3) is 0 Å². The highest BCUT2D eigenvalue weighted by Crippen LogP contribution is 2.35. The van der Waals surface area contributed by atoms with E-state index in [1.54, 1.807) is 0 Å². The highest BCUT2D eigenvalue weighted by Gasteiger charge is 2.50. The van der Waals surface area contributed by atoms with Crippen molar-refractivity contribution in [3.8, 4) is 0 Å². The maximum absolute atomic E-state index is 12.6. The van der Waals surface area contributed by atoms with Crippen LogP contribution in [-0.4, -0.2) is 48.8 Å². The summed E-state index contributed by atoms with van der Waals surface area (Å²) in [5, 5.41) is 15.3. The molecule has 2 aliphatic heterocycles. The van der Waals surface area contributed by atoms with Gasteiger partial charge < -0.3 is 20.5 Å². The van der Waals surface area contributed by atoms with Crippen LogP contribution < -0.4 is 10.6 Å². The van der Waals surface area contributed by atoms with Crippen LogP contribution in [0.5, 0.6) is 0 Å². The lowest BCUT2D eigenvalue weighted by atomic mass is 9.75. The van der Waals surface area contributed by atoms with Gasteiger partial charge in [0.05, 0.1) is 12.0 Å². The molecule has 2 saturated heterocycles. The molecule has 2 atom stereocenters. The molecular formula is C13H22N2O4. The van der Waals surface area contributed by atoms with E-state index in [0.29, 0.717) is 19.6 Å². The Bertz CT molecular complexity index is 369. The zero-order chi connectivity index (χ0) is 14.1. The summed E-state index contributed by atoms with van der Waals surface area (Å²) in [4.78, 5) is 24.0. The Hall–Kier alpha value is -1.14. The fraction of sp³-hybridized carbons (Fsp3) is 0.846. The van der Waals surface area contributed by atoms with E-state index in [2.05, 4.69) is 10.6 Å². The largest absolute Gasteiger partial charge is 0.479 e. The predicted molar refractivity (Wildman–Crippen MR) is 68.7 cm³/mol. The van der Waals surface area contributed by atoms with Crippen molar-refractivity contribution >= 4 is 11.9 Å². The molecule has 0 spiro atoms. The Morgan fingerprint density at radius 3 is 2.53 bits per heavy atom. The molecule has 19 heavy (non-hydrogen) atoms. The van der Waals surface area contributed by atoms with Gasteiger partial charge >= 0.3 is 5.97 Å². The summed E-state index contributed by atoms with van der Waals surface area (Å²) in [6.07, 6.45) is 1.07. The van der Waals surface area contributed by atoms with Gasteiger partial charge in [-0.2, -0.15) is 0 Å². The Morgan fingerprint density at radius 2 is 2.11 bits per heavy atom. The molecular weight excluding hydrogens is 248 g/mol. The number of carbonyl (C=O) groups excluding carboxylic acids is 1. The minimum atomic E-state index is -1.25. The topological polar surface area (TPSA) is 87.7 Å². The van der Waals surface area contributed by atoms with Crippen LogP contribution in [0.25, 0.3) is 0 Å². The van der Waals surface area contributed by atoms with E-state index < -0.39 is 16.9 Å². The quantitative estimate of drug-likeness (QED) is 0.668. The summed E-state index contributed by atoms with van der Waals surface area (Å²) in [7, 11) is 0. The molecule has 0 aromatic carbocycles. The number of rotatable bonds is 4. The lowest BCUT2D eigenvalue weighted by molar-refractivity contribution is -0.150. The first-order valence-electron chi connectivity index (χ1n) is 6.77. The third-order valence-corrected chi connectivity index (χ3v) is 4.53. The van der Waals surface area contributed by atoms with Gasteiger partial charge in [0, 0.05) is 19.6 Å². The summed E-state index contributed by atoms with van der Waals surface area (Å²) in [5.74, 6) is -1.01. The van der Waals surface area contributed by atoms with Crippen LogP contribution in [0.15, 0.2) is 0 Å². The van der Waals surface area contributed by atoms with Gasteiger partial charge in [-0.25, -0.2) is 4.79 Å². The number of nitrogens with one attached hydrogen (secondary N) is 2.